The third kappa shape index (κ3) is 4.07. The molecule has 0 unspecified atom stereocenters. The number of nitrogens with one attached hydrogen (secondary N) is 1. The van der Waals surface area contributed by atoms with Crippen LogP contribution in [-0.2, 0) is 4.79 Å². The second-order valence-corrected chi connectivity index (χ2v) is 10.1. The largest absolute Gasteiger partial charge is 0.354 e. The molecule has 1 aliphatic heterocycles. The Balaban J connectivity index is 1.46. The van der Waals surface area contributed by atoms with E-state index in [9.17, 15) is 4.79 Å². The molecule has 0 spiro atoms. The Kier molecular flexibility index (Phi) is 5.85. The quantitative estimate of drug-likeness (QED) is 0.488. The molecule has 0 aliphatic carbocycles. The number of benzene rings is 1. The predicted molar refractivity (Wildman–Crippen MR) is 134 cm³/mol. The first-order valence-electron chi connectivity index (χ1n) is 12.1. The summed E-state index contributed by atoms with van der Waals surface area (Å²) < 4.78 is 1.73. The second-order valence-electron chi connectivity index (χ2n) is 10.1. The number of carbonyl (C=O) groups is 1. The standard InChI is InChI=1S/C26H33N7O/c1-16(2)25-20-13-19(18-8-10-32(11-9-18)15-24(34)31(4)5)6-7-22(20)27-26(25)21-14-33-23(12-17(21)3)28-29-30-33/h6-7,12-14,16,18,27H,8-11,15H2,1-5H3. The predicted octanol–water partition coefficient (Wildman–Crippen LogP) is 3.97. The highest BCUT2D eigenvalue weighted by atomic mass is 16.2. The van der Waals surface area contributed by atoms with Crippen LogP contribution in [0, 0.1) is 6.92 Å². The number of rotatable bonds is 5. The van der Waals surface area contributed by atoms with Crippen molar-refractivity contribution in [1.29, 1.82) is 0 Å². The molecule has 1 aliphatic rings. The summed E-state index contributed by atoms with van der Waals surface area (Å²) in [6, 6.07) is 8.92. The van der Waals surface area contributed by atoms with Crippen LogP contribution in [0.2, 0.25) is 0 Å². The molecule has 1 amide bonds. The van der Waals surface area contributed by atoms with Gasteiger partial charge in [0, 0.05) is 36.8 Å². The van der Waals surface area contributed by atoms with E-state index in [1.165, 1.54) is 16.5 Å². The van der Waals surface area contributed by atoms with E-state index in [1.807, 2.05) is 26.4 Å². The average molecular weight is 460 g/mol. The summed E-state index contributed by atoms with van der Waals surface area (Å²) in [5.41, 5.74) is 8.06. The monoisotopic (exact) mass is 459 g/mol. The maximum atomic E-state index is 12.1. The first kappa shape index (κ1) is 22.5. The van der Waals surface area contributed by atoms with Crippen molar-refractivity contribution in [3.63, 3.8) is 0 Å². The molecule has 1 aromatic carbocycles. The highest BCUT2D eigenvalue weighted by Crippen LogP contribution is 2.39. The normalized spacial score (nSPS) is 15.6. The van der Waals surface area contributed by atoms with Gasteiger partial charge >= 0.3 is 0 Å². The molecular weight excluding hydrogens is 426 g/mol. The number of aryl methyl sites for hydroxylation is 1. The van der Waals surface area contributed by atoms with E-state index in [-0.39, 0.29) is 5.91 Å². The number of H-pyrrole nitrogens is 1. The average Bonchev–Trinajstić information content (AvgIpc) is 3.42. The fourth-order valence-electron chi connectivity index (χ4n) is 5.20. The van der Waals surface area contributed by atoms with Crippen molar-refractivity contribution in [2.45, 2.75) is 45.4 Å². The zero-order chi connectivity index (χ0) is 24.0. The van der Waals surface area contributed by atoms with E-state index in [1.54, 1.807) is 9.42 Å². The Morgan fingerprint density at radius 1 is 1.21 bits per heavy atom. The van der Waals surface area contributed by atoms with Crippen molar-refractivity contribution in [2.24, 2.45) is 0 Å². The van der Waals surface area contributed by atoms with Gasteiger partial charge in [0.05, 0.1) is 12.2 Å². The smallest absolute Gasteiger partial charge is 0.236 e. The third-order valence-corrected chi connectivity index (χ3v) is 7.17. The number of amides is 1. The van der Waals surface area contributed by atoms with Gasteiger partial charge in [-0.1, -0.05) is 19.9 Å². The molecule has 4 heterocycles. The maximum Gasteiger partial charge on any atom is 0.236 e. The maximum absolute atomic E-state index is 12.1. The number of piperidine rings is 1. The number of aromatic nitrogens is 5. The van der Waals surface area contributed by atoms with Gasteiger partial charge in [0.25, 0.3) is 0 Å². The van der Waals surface area contributed by atoms with Crippen molar-refractivity contribution in [2.75, 3.05) is 33.7 Å². The van der Waals surface area contributed by atoms with Crippen LogP contribution in [0.1, 0.15) is 55.2 Å². The van der Waals surface area contributed by atoms with Gasteiger partial charge < -0.3 is 9.88 Å². The van der Waals surface area contributed by atoms with Gasteiger partial charge in [-0.05, 0) is 90.0 Å². The fraction of sp³-hybridized carbons (Fsp3) is 0.462. The summed E-state index contributed by atoms with van der Waals surface area (Å²) >= 11 is 0. The Hall–Kier alpha value is -3.26. The Morgan fingerprint density at radius 2 is 1.97 bits per heavy atom. The van der Waals surface area contributed by atoms with Crippen molar-refractivity contribution < 1.29 is 4.79 Å². The molecule has 1 N–H and O–H groups in total. The summed E-state index contributed by atoms with van der Waals surface area (Å²) in [7, 11) is 3.65. The van der Waals surface area contributed by atoms with Crippen LogP contribution in [0.15, 0.2) is 30.5 Å². The van der Waals surface area contributed by atoms with Gasteiger partial charge in [0.15, 0.2) is 5.65 Å². The van der Waals surface area contributed by atoms with Gasteiger partial charge in [0.1, 0.15) is 0 Å². The molecule has 4 aromatic rings. The number of aromatic amines is 1. The van der Waals surface area contributed by atoms with Crippen LogP contribution in [0.3, 0.4) is 0 Å². The lowest BCUT2D eigenvalue weighted by atomic mass is 9.87. The molecule has 178 valence electrons. The molecule has 0 saturated carbocycles. The van der Waals surface area contributed by atoms with Crippen molar-refractivity contribution in [3.05, 3.63) is 47.2 Å². The fourth-order valence-corrected chi connectivity index (χ4v) is 5.20. The van der Waals surface area contributed by atoms with Crippen molar-refractivity contribution in [3.8, 4) is 11.3 Å². The van der Waals surface area contributed by atoms with Crippen LogP contribution in [0.25, 0.3) is 27.8 Å². The highest BCUT2D eigenvalue weighted by Gasteiger charge is 2.24. The topological polar surface area (TPSA) is 82.4 Å². The molecule has 8 nitrogen and oxygen atoms in total. The number of fused-ring (bicyclic) bond motifs is 2. The third-order valence-electron chi connectivity index (χ3n) is 7.17. The summed E-state index contributed by atoms with van der Waals surface area (Å²) in [4.78, 5) is 19.7. The van der Waals surface area contributed by atoms with Crippen LogP contribution in [0.4, 0.5) is 0 Å². The van der Waals surface area contributed by atoms with Crippen LogP contribution >= 0.6 is 0 Å². The minimum absolute atomic E-state index is 0.177. The molecule has 0 radical (unpaired) electrons. The molecule has 1 saturated heterocycles. The first-order chi connectivity index (χ1) is 16.3. The van der Waals surface area contributed by atoms with E-state index in [4.69, 9.17) is 0 Å². The zero-order valence-corrected chi connectivity index (χ0v) is 20.7. The zero-order valence-electron chi connectivity index (χ0n) is 20.7. The van der Waals surface area contributed by atoms with Gasteiger partial charge in [-0.15, -0.1) is 5.10 Å². The minimum Gasteiger partial charge on any atom is -0.354 e. The summed E-state index contributed by atoms with van der Waals surface area (Å²) in [6.45, 7) is 9.06. The summed E-state index contributed by atoms with van der Waals surface area (Å²) in [6.07, 6.45) is 4.18. The lowest BCUT2D eigenvalue weighted by molar-refractivity contribution is -0.130. The second kappa shape index (κ2) is 8.83. The molecule has 34 heavy (non-hydrogen) atoms. The number of pyridine rings is 1. The van der Waals surface area contributed by atoms with E-state index < -0.39 is 0 Å². The van der Waals surface area contributed by atoms with Crippen LogP contribution in [0.5, 0.6) is 0 Å². The lowest BCUT2D eigenvalue weighted by Crippen LogP contribution is -2.40. The number of likely N-dealkylation sites (N-methyl/N-ethyl adjacent to an activating group) is 1. The molecule has 0 bridgehead atoms. The molecular formula is C26H33N7O. The lowest BCUT2D eigenvalue weighted by Gasteiger charge is -2.32. The van der Waals surface area contributed by atoms with Crippen LogP contribution in [-0.4, -0.2) is 74.5 Å². The first-order valence-corrected chi connectivity index (χ1v) is 12.1. The highest BCUT2D eigenvalue weighted by molar-refractivity contribution is 5.92. The Morgan fingerprint density at radius 3 is 2.68 bits per heavy atom. The summed E-state index contributed by atoms with van der Waals surface area (Å²) in [5.74, 6) is 1.06. The summed E-state index contributed by atoms with van der Waals surface area (Å²) in [5, 5.41) is 13.3. The SMILES string of the molecule is Cc1cc2nnnn2cc1-c1[nH]c2ccc(C3CCN(CC(=O)N(C)C)CC3)cc2c1C(C)C. The number of carbonyl (C=O) groups excluding carboxylic acids is 1. The minimum atomic E-state index is 0.177. The van der Waals surface area contributed by atoms with E-state index in [2.05, 4.69) is 64.4 Å². The van der Waals surface area contributed by atoms with Crippen LogP contribution < -0.4 is 0 Å². The molecule has 5 rings (SSSR count). The Bertz CT molecular complexity index is 1340. The number of likely N-dealkylation sites (tertiary alicyclic amines) is 1. The molecule has 0 atom stereocenters. The number of nitrogens with zero attached hydrogens (tertiary/aromatic N) is 6. The molecule has 1 fully saturated rings. The number of hydrogen-bond acceptors (Lipinski definition) is 5. The van der Waals surface area contributed by atoms with Gasteiger partial charge in [-0.3, -0.25) is 9.69 Å². The molecule has 8 heteroatoms. The van der Waals surface area contributed by atoms with Crippen molar-refractivity contribution in [1.82, 2.24) is 34.8 Å². The van der Waals surface area contributed by atoms with E-state index in [0.717, 1.165) is 53.9 Å². The molecule has 3 aromatic heterocycles. The number of hydrogen-bond donors (Lipinski definition) is 1. The van der Waals surface area contributed by atoms with Crippen molar-refractivity contribution >= 4 is 22.5 Å². The van der Waals surface area contributed by atoms with E-state index >= 15 is 0 Å². The van der Waals surface area contributed by atoms with Gasteiger partial charge in [-0.25, -0.2) is 0 Å². The Labute approximate surface area is 199 Å². The van der Waals surface area contributed by atoms with Gasteiger partial charge in [-0.2, -0.15) is 4.52 Å². The number of tetrazole rings is 1. The van der Waals surface area contributed by atoms with E-state index in [0.29, 0.717) is 18.4 Å². The van der Waals surface area contributed by atoms with Gasteiger partial charge in [0.2, 0.25) is 5.91 Å².